The Morgan fingerprint density at radius 3 is 2.25 bits per heavy atom. The summed E-state index contributed by atoms with van der Waals surface area (Å²) in [4.78, 5) is 24.7. The second-order valence-electron chi connectivity index (χ2n) is 7.09. The lowest BCUT2D eigenvalue weighted by Crippen LogP contribution is -2.47. The SMILES string of the molecule is Cc1c(C(=O)N2CCC(C(=O)O)(C(F)(F)F)C2)cnn1C(C)(C)C. The number of hydrogen-bond donors (Lipinski definition) is 1. The van der Waals surface area contributed by atoms with Crippen molar-refractivity contribution in [3.05, 3.63) is 17.5 Å². The minimum absolute atomic E-state index is 0.188. The van der Waals surface area contributed by atoms with Crippen LogP contribution in [0.2, 0.25) is 0 Å². The van der Waals surface area contributed by atoms with Crippen LogP contribution in [0.1, 0.15) is 43.2 Å². The second kappa shape index (κ2) is 5.49. The zero-order valence-corrected chi connectivity index (χ0v) is 13.9. The van der Waals surface area contributed by atoms with Crippen LogP contribution < -0.4 is 0 Å². The number of carbonyl (C=O) groups is 2. The lowest BCUT2D eigenvalue weighted by molar-refractivity contribution is -0.227. The van der Waals surface area contributed by atoms with Crippen LogP contribution in [0.15, 0.2) is 6.20 Å². The van der Waals surface area contributed by atoms with E-state index >= 15 is 0 Å². The minimum atomic E-state index is -4.92. The van der Waals surface area contributed by atoms with Crippen molar-refractivity contribution in [1.82, 2.24) is 14.7 Å². The fraction of sp³-hybridized carbons (Fsp3) is 0.667. The van der Waals surface area contributed by atoms with Crippen LogP contribution in [0.25, 0.3) is 0 Å². The molecule has 134 valence electrons. The van der Waals surface area contributed by atoms with Crippen molar-refractivity contribution in [2.75, 3.05) is 13.1 Å². The van der Waals surface area contributed by atoms with Crippen molar-refractivity contribution >= 4 is 11.9 Å². The summed E-state index contributed by atoms with van der Waals surface area (Å²) < 4.78 is 41.2. The average Bonchev–Trinajstić information content (AvgIpc) is 3.00. The number of hydrogen-bond acceptors (Lipinski definition) is 3. The van der Waals surface area contributed by atoms with Gasteiger partial charge in [0.25, 0.3) is 5.91 Å². The number of carboxylic acid groups (broad SMARTS) is 1. The largest absolute Gasteiger partial charge is 0.481 e. The third-order valence-electron chi connectivity index (χ3n) is 4.38. The molecule has 0 aromatic carbocycles. The van der Waals surface area contributed by atoms with Gasteiger partial charge in [-0.05, 0) is 34.1 Å². The normalized spacial score (nSPS) is 22.0. The first-order chi connectivity index (χ1) is 10.8. The van der Waals surface area contributed by atoms with E-state index in [1.54, 1.807) is 11.6 Å². The fourth-order valence-corrected chi connectivity index (χ4v) is 2.98. The number of carbonyl (C=O) groups excluding carboxylic acids is 1. The van der Waals surface area contributed by atoms with Crippen LogP contribution >= 0.6 is 0 Å². The van der Waals surface area contributed by atoms with E-state index in [9.17, 15) is 22.8 Å². The van der Waals surface area contributed by atoms with Crippen molar-refractivity contribution in [2.24, 2.45) is 5.41 Å². The monoisotopic (exact) mass is 347 g/mol. The van der Waals surface area contributed by atoms with Gasteiger partial charge in [0.2, 0.25) is 0 Å². The molecule has 2 heterocycles. The van der Waals surface area contributed by atoms with Crippen LogP contribution in [-0.2, 0) is 10.3 Å². The Morgan fingerprint density at radius 1 is 1.29 bits per heavy atom. The van der Waals surface area contributed by atoms with E-state index in [0.29, 0.717) is 5.69 Å². The summed E-state index contributed by atoms with van der Waals surface area (Å²) in [6, 6.07) is 0. The van der Waals surface area contributed by atoms with Crippen molar-refractivity contribution in [1.29, 1.82) is 0 Å². The molecule has 0 aliphatic carbocycles. The van der Waals surface area contributed by atoms with Gasteiger partial charge in [-0.15, -0.1) is 0 Å². The summed E-state index contributed by atoms with van der Waals surface area (Å²) in [7, 11) is 0. The maximum Gasteiger partial charge on any atom is 0.406 e. The Hall–Kier alpha value is -2.06. The van der Waals surface area contributed by atoms with Crippen LogP contribution in [0, 0.1) is 12.3 Å². The van der Waals surface area contributed by atoms with Gasteiger partial charge in [-0.25, -0.2) is 0 Å². The standard InChI is InChI=1S/C15H20F3N3O3/c1-9-10(7-19-21(9)13(2,3)4)11(22)20-6-5-14(8-20,12(23)24)15(16,17)18/h7H,5-6,8H2,1-4H3,(H,23,24). The number of carboxylic acids is 1. The molecule has 1 fully saturated rings. The Labute approximate surface area is 137 Å². The lowest BCUT2D eigenvalue weighted by Gasteiger charge is -2.27. The van der Waals surface area contributed by atoms with Crippen molar-refractivity contribution in [3.63, 3.8) is 0 Å². The molecular formula is C15H20F3N3O3. The highest BCUT2D eigenvalue weighted by Crippen LogP contribution is 2.46. The molecule has 0 bridgehead atoms. The molecule has 2 rings (SSSR count). The van der Waals surface area contributed by atoms with Crippen LogP contribution in [0.5, 0.6) is 0 Å². The maximum atomic E-state index is 13.2. The smallest absolute Gasteiger partial charge is 0.406 e. The summed E-state index contributed by atoms with van der Waals surface area (Å²) in [6.07, 6.45) is -4.25. The number of nitrogens with zero attached hydrogens (tertiary/aromatic N) is 3. The van der Waals surface area contributed by atoms with E-state index < -0.39 is 36.4 Å². The van der Waals surface area contributed by atoms with Gasteiger partial charge in [0, 0.05) is 18.8 Å². The number of amides is 1. The van der Waals surface area contributed by atoms with E-state index in [2.05, 4.69) is 5.10 Å². The molecule has 1 amide bonds. The number of rotatable bonds is 2. The highest BCUT2D eigenvalue weighted by Gasteiger charge is 2.64. The molecule has 24 heavy (non-hydrogen) atoms. The number of halogens is 3. The molecule has 1 aliphatic heterocycles. The van der Waals surface area contributed by atoms with Crippen LogP contribution in [-0.4, -0.2) is 50.9 Å². The number of aliphatic carboxylic acids is 1. The van der Waals surface area contributed by atoms with Crippen molar-refractivity contribution < 1.29 is 27.9 Å². The molecule has 1 saturated heterocycles. The predicted molar refractivity (Wildman–Crippen MR) is 78.6 cm³/mol. The third kappa shape index (κ3) is 2.76. The van der Waals surface area contributed by atoms with Gasteiger partial charge in [0.1, 0.15) is 0 Å². The predicted octanol–water partition coefficient (Wildman–Crippen LogP) is 2.43. The van der Waals surface area contributed by atoms with Gasteiger partial charge >= 0.3 is 12.1 Å². The van der Waals surface area contributed by atoms with Gasteiger partial charge in [0.05, 0.1) is 17.3 Å². The van der Waals surface area contributed by atoms with Gasteiger partial charge in [0.15, 0.2) is 5.41 Å². The Balaban J connectivity index is 2.31. The summed E-state index contributed by atoms with van der Waals surface area (Å²) >= 11 is 0. The van der Waals surface area contributed by atoms with E-state index in [1.165, 1.54) is 6.20 Å². The Bertz CT molecular complexity index is 676. The van der Waals surface area contributed by atoms with E-state index in [4.69, 9.17) is 5.11 Å². The first-order valence-electron chi connectivity index (χ1n) is 7.46. The number of likely N-dealkylation sites (tertiary alicyclic amines) is 1. The van der Waals surface area contributed by atoms with E-state index in [1.807, 2.05) is 20.8 Å². The number of alkyl halides is 3. The molecular weight excluding hydrogens is 327 g/mol. The van der Waals surface area contributed by atoms with E-state index in [0.717, 1.165) is 4.90 Å². The lowest BCUT2D eigenvalue weighted by atomic mass is 9.86. The molecule has 1 N–H and O–H groups in total. The quantitative estimate of drug-likeness (QED) is 0.891. The molecule has 9 heteroatoms. The molecule has 1 aliphatic rings. The molecule has 0 saturated carbocycles. The first-order valence-corrected chi connectivity index (χ1v) is 7.46. The molecule has 1 aromatic heterocycles. The maximum absolute atomic E-state index is 13.2. The molecule has 1 atom stereocenters. The van der Waals surface area contributed by atoms with Gasteiger partial charge in [-0.2, -0.15) is 18.3 Å². The molecule has 1 aromatic rings. The fourth-order valence-electron chi connectivity index (χ4n) is 2.98. The molecule has 1 unspecified atom stereocenters. The topological polar surface area (TPSA) is 75.4 Å². The second-order valence-corrected chi connectivity index (χ2v) is 7.09. The van der Waals surface area contributed by atoms with Crippen molar-refractivity contribution in [3.8, 4) is 0 Å². The number of aromatic nitrogens is 2. The Morgan fingerprint density at radius 2 is 1.88 bits per heavy atom. The van der Waals surface area contributed by atoms with Crippen LogP contribution in [0.3, 0.4) is 0 Å². The van der Waals surface area contributed by atoms with Gasteiger partial charge in [-0.3, -0.25) is 14.3 Å². The van der Waals surface area contributed by atoms with E-state index in [-0.39, 0.29) is 17.6 Å². The molecule has 6 nitrogen and oxygen atoms in total. The third-order valence-corrected chi connectivity index (χ3v) is 4.38. The minimum Gasteiger partial charge on any atom is -0.481 e. The highest BCUT2D eigenvalue weighted by atomic mass is 19.4. The van der Waals surface area contributed by atoms with Crippen LogP contribution in [0.4, 0.5) is 13.2 Å². The highest BCUT2D eigenvalue weighted by molar-refractivity contribution is 5.96. The van der Waals surface area contributed by atoms with Gasteiger partial charge in [-0.1, -0.05) is 0 Å². The summed E-state index contributed by atoms with van der Waals surface area (Å²) in [5, 5.41) is 13.2. The molecule has 0 radical (unpaired) electrons. The summed E-state index contributed by atoms with van der Waals surface area (Å²) in [5.41, 5.74) is -2.57. The average molecular weight is 347 g/mol. The van der Waals surface area contributed by atoms with Gasteiger partial charge < -0.3 is 10.0 Å². The molecule has 0 spiro atoms. The summed E-state index contributed by atoms with van der Waals surface area (Å²) in [6.45, 7) is 6.17. The zero-order chi connectivity index (χ0) is 18.5. The van der Waals surface area contributed by atoms with Crippen molar-refractivity contribution in [2.45, 2.75) is 45.8 Å². The first kappa shape index (κ1) is 18.3. The Kier molecular flexibility index (Phi) is 4.18. The summed E-state index contributed by atoms with van der Waals surface area (Å²) in [5.74, 6) is -2.58. The zero-order valence-electron chi connectivity index (χ0n) is 13.9.